The minimum atomic E-state index is -0.354. The van der Waals surface area contributed by atoms with Gasteiger partial charge in [0.1, 0.15) is 5.82 Å². The summed E-state index contributed by atoms with van der Waals surface area (Å²) in [5, 5.41) is 0. The Morgan fingerprint density at radius 1 is 1.04 bits per heavy atom. The number of ether oxygens (including phenoxy) is 1. The fourth-order valence-corrected chi connectivity index (χ4v) is 3.44. The van der Waals surface area contributed by atoms with Gasteiger partial charge in [0.2, 0.25) is 0 Å². The molecule has 1 saturated heterocycles. The normalized spacial score (nSPS) is 14.8. The Morgan fingerprint density at radius 3 is 2.30 bits per heavy atom. The van der Waals surface area contributed by atoms with Gasteiger partial charge in [-0.1, -0.05) is 28.1 Å². The Morgan fingerprint density at radius 2 is 1.67 bits per heavy atom. The molecular weight excluding hydrogens is 413 g/mol. The minimum Gasteiger partial charge on any atom is -0.449 e. The van der Waals surface area contributed by atoms with Gasteiger partial charge in [-0.3, -0.25) is 4.79 Å². The lowest BCUT2D eigenvalue weighted by molar-refractivity contribution is 0.0741. The summed E-state index contributed by atoms with van der Waals surface area (Å²) < 4.78 is 19.4. The Hall–Kier alpha value is -2.21. The van der Waals surface area contributed by atoms with Crippen LogP contribution in [0.1, 0.15) is 28.8 Å². The summed E-state index contributed by atoms with van der Waals surface area (Å²) in [5.74, 6) is -0.479. The van der Waals surface area contributed by atoms with Gasteiger partial charge in [-0.15, -0.1) is 0 Å². The number of benzene rings is 2. The molecule has 0 N–H and O–H groups in total. The molecule has 142 valence electrons. The van der Waals surface area contributed by atoms with Gasteiger partial charge in [0.15, 0.2) is 5.78 Å². The van der Waals surface area contributed by atoms with Crippen molar-refractivity contribution in [2.45, 2.75) is 19.3 Å². The number of amides is 1. The van der Waals surface area contributed by atoms with Crippen molar-refractivity contribution < 1.29 is 18.7 Å². The molecular formula is C21H21BrFNO3. The molecule has 1 heterocycles. The molecule has 6 heteroatoms. The van der Waals surface area contributed by atoms with Crippen molar-refractivity contribution in [3.05, 3.63) is 69.9 Å². The average molecular weight is 434 g/mol. The molecule has 0 radical (unpaired) electrons. The molecule has 2 aromatic carbocycles. The van der Waals surface area contributed by atoms with Crippen LogP contribution < -0.4 is 0 Å². The van der Waals surface area contributed by atoms with Gasteiger partial charge in [-0.05, 0) is 54.8 Å². The second-order valence-corrected chi connectivity index (χ2v) is 7.54. The largest absolute Gasteiger partial charge is 0.449 e. The van der Waals surface area contributed by atoms with E-state index in [0.29, 0.717) is 44.5 Å². The third kappa shape index (κ3) is 5.39. The van der Waals surface area contributed by atoms with Crippen LogP contribution in [-0.2, 0) is 11.2 Å². The van der Waals surface area contributed by atoms with E-state index in [1.165, 1.54) is 24.3 Å². The Kier molecular flexibility index (Phi) is 6.61. The molecule has 0 aliphatic carbocycles. The first-order chi connectivity index (χ1) is 13.0. The number of rotatable bonds is 5. The number of piperidine rings is 1. The van der Waals surface area contributed by atoms with Crippen LogP contribution in [-0.4, -0.2) is 36.5 Å². The van der Waals surface area contributed by atoms with E-state index < -0.39 is 0 Å². The summed E-state index contributed by atoms with van der Waals surface area (Å²) in [6.07, 6.45) is 1.52. The van der Waals surface area contributed by atoms with E-state index >= 15 is 0 Å². The molecule has 1 aliphatic heterocycles. The maximum Gasteiger partial charge on any atom is 0.409 e. The number of carbonyl (C=O) groups excluding carboxylic acids is 2. The van der Waals surface area contributed by atoms with Gasteiger partial charge in [-0.25, -0.2) is 9.18 Å². The highest BCUT2D eigenvalue weighted by atomic mass is 79.9. The number of likely N-dealkylation sites (tertiary alicyclic amines) is 1. The van der Waals surface area contributed by atoms with Gasteiger partial charge in [0, 0.05) is 35.5 Å². The molecule has 0 spiro atoms. The number of nitrogens with zero attached hydrogens (tertiary/aromatic N) is 1. The molecule has 0 atom stereocenters. The first-order valence-electron chi connectivity index (χ1n) is 8.99. The van der Waals surface area contributed by atoms with Gasteiger partial charge in [-0.2, -0.15) is 0 Å². The second-order valence-electron chi connectivity index (χ2n) is 6.62. The van der Waals surface area contributed by atoms with Crippen LogP contribution in [0.3, 0.4) is 0 Å². The zero-order valence-corrected chi connectivity index (χ0v) is 16.5. The first kappa shape index (κ1) is 19.5. The molecule has 0 unspecified atom stereocenters. The van der Waals surface area contributed by atoms with Crippen molar-refractivity contribution in [2.75, 3.05) is 19.7 Å². The Balaban J connectivity index is 1.42. The van der Waals surface area contributed by atoms with Gasteiger partial charge in [0.25, 0.3) is 0 Å². The van der Waals surface area contributed by atoms with Crippen molar-refractivity contribution in [1.82, 2.24) is 4.90 Å². The van der Waals surface area contributed by atoms with E-state index in [4.69, 9.17) is 4.74 Å². The van der Waals surface area contributed by atoms with Crippen LogP contribution in [0.2, 0.25) is 0 Å². The van der Waals surface area contributed by atoms with Crippen molar-refractivity contribution in [3.8, 4) is 0 Å². The zero-order chi connectivity index (χ0) is 19.2. The SMILES string of the molecule is O=C(c1ccc(F)cc1)C1CCN(C(=O)OCCc2ccc(Br)cc2)CC1. The molecule has 1 amide bonds. The maximum absolute atomic E-state index is 13.0. The topological polar surface area (TPSA) is 46.6 Å². The molecule has 0 saturated carbocycles. The van der Waals surface area contributed by atoms with Crippen molar-refractivity contribution in [2.24, 2.45) is 5.92 Å². The van der Waals surface area contributed by atoms with Gasteiger partial charge in [0.05, 0.1) is 6.61 Å². The summed E-state index contributed by atoms with van der Waals surface area (Å²) in [5.41, 5.74) is 1.63. The molecule has 4 nitrogen and oxygen atoms in total. The van der Waals surface area contributed by atoms with Crippen LogP contribution in [0.4, 0.5) is 9.18 Å². The molecule has 0 aromatic heterocycles. The summed E-state index contributed by atoms with van der Waals surface area (Å²) in [6, 6.07) is 13.5. The quantitative estimate of drug-likeness (QED) is 0.632. The lowest BCUT2D eigenvalue weighted by Crippen LogP contribution is -2.40. The zero-order valence-electron chi connectivity index (χ0n) is 14.9. The number of carbonyl (C=O) groups is 2. The number of Topliss-reactive ketones (excluding diaryl/α,β-unsaturated/α-hetero) is 1. The molecule has 0 bridgehead atoms. The standard InChI is InChI=1S/C21H21BrFNO3/c22-18-5-1-15(2-6-18)11-14-27-21(26)24-12-9-17(10-13-24)20(25)16-3-7-19(23)8-4-16/h1-8,17H,9-14H2. The summed E-state index contributed by atoms with van der Waals surface area (Å²) in [6.45, 7) is 1.32. The summed E-state index contributed by atoms with van der Waals surface area (Å²) in [4.78, 5) is 26.3. The molecule has 2 aromatic rings. The predicted octanol–water partition coefficient (Wildman–Crippen LogP) is 4.86. The number of hydrogen-bond acceptors (Lipinski definition) is 3. The van der Waals surface area contributed by atoms with Gasteiger partial charge >= 0.3 is 6.09 Å². The lowest BCUT2D eigenvalue weighted by atomic mass is 9.89. The van der Waals surface area contributed by atoms with Crippen LogP contribution >= 0.6 is 15.9 Å². The van der Waals surface area contributed by atoms with E-state index in [1.54, 1.807) is 4.90 Å². The van der Waals surface area contributed by atoms with Crippen LogP contribution in [0.25, 0.3) is 0 Å². The first-order valence-corrected chi connectivity index (χ1v) is 9.78. The fourth-order valence-electron chi connectivity index (χ4n) is 3.17. The fraction of sp³-hybridized carbons (Fsp3) is 0.333. The van der Waals surface area contributed by atoms with Gasteiger partial charge < -0.3 is 9.64 Å². The van der Waals surface area contributed by atoms with Crippen molar-refractivity contribution >= 4 is 27.8 Å². The average Bonchev–Trinajstić information content (AvgIpc) is 2.69. The predicted molar refractivity (Wildman–Crippen MR) is 104 cm³/mol. The third-order valence-electron chi connectivity index (χ3n) is 4.78. The highest BCUT2D eigenvalue weighted by Crippen LogP contribution is 2.22. The summed E-state index contributed by atoms with van der Waals surface area (Å²) >= 11 is 3.39. The monoisotopic (exact) mass is 433 g/mol. The lowest BCUT2D eigenvalue weighted by Gasteiger charge is -2.30. The van der Waals surface area contributed by atoms with E-state index in [-0.39, 0.29) is 23.6 Å². The smallest absolute Gasteiger partial charge is 0.409 e. The second kappa shape index (κ2) is 9.13. The molecule has 1 fully saturated rings. The van der Waals surface area contributed by atoms with Crippen LogP contribution in [0, 0.1) is 11.7 Å². The van der Waals surface area contributed by atoms with E-state index in [1.807, 2.05) is 24.3 Å². The Labute approximate surface area is 166 Å². The molecule has 1 aliphatic rings. The van der Waals surface area contributed by atoms with E-state index in [2.05, 4.69) is 15.9 Å². The number of halogens is 2. The summed E-state index contributed by atoms with van der Waals surface area (Å²) in [7, 11) is 0. The van der Waals surface area contributed by atoms with E-state index in [9.17, 15) is 14.0 Å². The van der Waals surface area contributed by atoms with Crippen molar-refractivity contribution in [1.29, 1.82) is 0 Å². The highest BCUT2D eigenvalue weighted by molar-refractivity contribution is 9.10. The minimum absolute atomic E-state index is 0.0123. The third-order valence-corrected chi connectivity index (χ3v) is 5.31. The van der Waals surface area contributed by atoms with E-state index in [0.717, 1.165) is 10.0 Å². The number of hydrogen-bond donors (Lipinski definition) is 0. The van der Waals surface area contributed by atoms with Crippen LogP contribution in [0.5, 0.6) is 0 Å². The maximum atomic E-state index is 13.0. The van der Waals surface area contributed by atoms with Crippen molar-refractivity contribution in [3.63, 3.8) is 0 Å². The molecule has 3 rings (SSSR count). The van der Waals surface area contributed by atoms with Crippen LogP contribution in [0.15, 0.2) is 53.0 Å². The number of ketones is 1. The molecule has 27 heavy (non-hydrogen) atoms. The highest BCUT2D eigenvalue weighted by Gasteiger charge is 2.28. The Bertz CT molecular complexity index is 784.